The SMILES string of the molecule is Cc1ccc2c(c1)NC[C@H](CO)N2. The number of hydrogen-bond donors (Lipinski definition) is 3. The molecule has 1 aromatic carbocycles. The van der Waals surface area contributed by atoms with Crippen molar-refractivity contribution in [3.63, 3.8) is 0 Å². The molecule has 0 fully saturated rings. The van der Waals surface area contributed by atoms with Crippen LogP contribution in [0.5, 0.6) is 0 Å². The number of benzene rings is 1. The Morgan fingerprint density at radius 2 is 2.31 bits per heavy atom. The molecule has 3 N–H and O–H groups in total. The first kappa shape index (κ1) is 8.38. The van der Waals surface area contributed by atoms with Crippen molar-refractivity contribution in [3.05, 3.63) is 23.8 Å². The Bertz CT molecular complexity index is 312. The predicted octanol–water partition coefficient (Wildman–Crippen LogP) is 1.19. The van der Waals surface area contributed by atoms with Crippen molar-refractivity contribution < 1.29 is 5.11 Å². The average Bonchev–Trinajstić information content (AvgIpc) is 2.17. The van der Waals surface area contributed by atoms with E-state index in [4.69, 9.17) is 5.11 Å². The van der Waals surface area contributed by atoms with Crippen molar-refractivity contribution in [3.8, 4) is 0 Å². The molecular weight excluding hydrogens is 164 g/mol. The molecule has 0 radical (unpaired) electrons. The highest BCUT2D eigenvalue weighted by molar-refractivity contribution is 5.72. The summed E-state index contributed by atoms with van der Waals surface area (Å²) in [6.45, 7) is 3.02. The molecule has 0 saturated heterocycles. The maximum atomic E-state index is 8.97. The molecule has 3 heteroatoms. The van der Waals surface area contributed by atoms with Crippen LogP contribution < -0.4 is 10.6 Å². The van der Waals surface area contributed by atoms with Crippen LogP contribution >= 0.6 is 0 Å². The van der Waals surface area contributed by atoms with Crippen LogP contribution in [-0.2, 0) is 0 Å². The normalized spacial score (nSPS) is 20.0. The first-order valence-electron chi connectivity index (χ1n) is 4.51. The van der Waals surface area contributed by atoms with Gasteiger partial charge in [-0.25, -0.2) is 0 Å². The first-order chi connectivity index (χ1) is 6.29. The average molecular weight is 178 g/mol. The molecule has 1 aromatic rings. The topological polar surface area (TPSA) is 44.3 Å². The van der Waals surface area contributed by atoms with Crippen molar-refractivity contribution in [2.45, 2.75) is 13.0 Å². The van der Waals surface area contributed by atoms with E-state index in [-0.39, 0.29) is 12.6 Å². The molecule has 0 amide bonds. The standard InChI is InChI=1S/C10H14N2O/c1-7-2-3-9-10(4-7)11-5-8(6-13)12-9/h2-4,8,11-13H,5-6H2,1H3/t8-/m1/s1. The van der Waals surface area contributed by atoms with Crippen molar-refractivity contribution in [1.82, 2.24) is 0 Å². The lowest BCUT2D eigenvalue weighted by atomic mass is 10.1. The molecule has 0 aliphatic carbocycles. The maximum absolute atomic E-state index is 8.97. The third-order valence-electron chi connectivity index (χ3n) is 2.29. The quantitative estimate of drug-likeness (QED) is 0.605. The molecule has 1 aliphatic rings. The van der Waals surface area contributed by atoms with Crippen LogP contribution in [0.4, 0.5) is 11.4 Å². The summed E-state index contributed by atoms with van der Waals surface area (Å²) in [5.41, 5.74) is 3.45. The highest BCUT2D eigenvalue weighted by atomic mass is 16.3. The highest BCUT2D eigenvalue weighted by Crippen LogP contribution is 2.26. The van der Waals surface area contributed by atoms with Gasteiger partial charge in [0.1, 0.15) is 0 Å². The van der Waals surface area contributed by atoms with E-state index >= 15 is 0 Å². The van der Waals surface area contributed by atoms with Gasteiger partial charge in [-0.05, 0) is 24.6 Å². The second-order valence-electron chi connectivity index (χ2n) is 3.45. The maximum Gasteiger partial charge on any atom is 0.0665 e. The van der Waals surface area contributed by atoms with Crippen LogP contribution in [0.25, 0.3) is 0 Å². The minimum atomic E-state index is 0.134. The number of fused-ring (bicyclic) bond motifs is 1. The number of anilines is 2. The summed E-state index contributed by atoms with van der Waals surface area (Å²) in [4.78, 5) is 0. The van der Waals surface area contributed by atoms with E-state index < -0.39 is 0 Å². The summed E-state index contributed by atoms with van der Waals surface area (Å²) in [6.07, 6.45) is 0. The van der Waals surface area contributed by atoms with Gasteiger partial charge in [0.05, 0.1) is 24.0 Å². The minimum Gasteiger partial charge on any atom is -0.394 e. The van der Waals surface area contributed by atoms with E-state index in [1.54, 1.807) is 0 Å². The second kappa shape index (κ2) is 3.26. The van der Waals surface area contributed by atoms with Gasteiger partial charge in [-0.15, -0.1) is 0 Å². The second-order valence-corrected chi connectivity index (χ2v) is 3.45. The summed E-state index contributed by atoms with van der Waals surface area (Å²) in [5, 5.41) is 15.5. The molecule has 0 spiro atoms. The van der Waals surface area contributed by atoms with Crippen LogP contribution in [0.1, 0.15) is 5.56 Å². The summed E-state index contributed by atoms with van der Waals surface area (Å²) >= 11 is 0. The number of aryl methyl sites for hydroxylation is 1. The number of hydrogen-bond acceptors (Lipinski definition) is 3. The zero-order valence-corrected chi connectivity index (χ0v) is 7.67. The molecule has 1 aliphatic heterocycles. The fourth-order valence-electron chi connectivity index (χ4n) is 1.54. The Labute approximate surface area is 77.8 Å². The number of aliphatic hydroxyl groups excluding tert-OH is 1. The fourth-order valence-corrected chi connectivity index (χ4v) is 1.54. The highest BCUT2D eigenvalue weighted by Gasteiger charge is 2.15. The van der Waals surface area contributed by atoms with E-state index in [9.17, 15) is 0 Å². The molecule has 2 rings (SSSR count). The Morgan fingerprint density at radius 1 is 1.46 bits per heavy atom. The van der Waals surface area contributed by atoms with Gasteiger partial charge >= 0.3 is 0 Å². The smallest absolute Gasteiger partial charge is 0.0665 e. The minimum absolute atomic E-state index is 0.134. The summed E-state index contributed by atoms with van der Waals surface area (Å²) in [7, 11) is 0. The van der Waals surface area contributed by atoms with Crippen molar-refractivity contribution in [2.75, 3.05) is 23.8 Å². The van der Waals surface area contributed by atoms with Crippen LogP contribution in [0, 0.1) is 6.92 Å². The lowest BCUT2D eigenvalue weighted by molar-refractivity contribution is 0.277. The van der Waals surface area contributed by atoms with Crippen molar-refractivity contribution >= 4 is 11.4 Å². The van der Waals surface area contributed by atoms with Crippen LogP contribution in [0.2, 0.25) is 0 Å². The molecule has 1 heterocycles. The van der Waals surface area contributed by atoms with Gasteiger partial charge in [0.15, 0.2) is 0 Å². The van der Waals surface area contributed by atoms with E-state index in [0.717, 1.165) is 17.9 Å². The molecule has 1 atom stereocenters. The van der Waals surface area contributed by atoms with Crippen LogP contribution in [0.15, 0.2) is 18.2 Å². The van der Waals surface area contributed by atoms with E-state index in [0.29, 0.717) is 0 Å². The van der Waals surface area contributed by atoms with Gasteiger partial charge in [-0.1, -0.05) is 6.07 Å². The molecule has 0 unspecified atom stereocenters. The van der Waals surface area contributed by atoms with E-state index in [1.807, 2.05) is 6.07 Å². The Balaban J connectivity index is 2.26. The third kappa shape index (κ3) is 1.60. The third-order valence-corrected chi connectivity index (χ3v) is 2.29. The molecule has 0 saturated carbocycles. The van der Waals surface area contributed by atoms with Crippen LogP contribution in [-0.4, -0.2) is 24.3 Å². The number of aliphatic hydroxyl groups is 1. The van der Waals surface area contributed by atoms with Gasteiger partial charge < -0.3 is 15.7 Å². The molecule has 0 bridgehead atoms. The summed E-state index contributed by atoms with van der Waals surface area (Å²) < 4.78 is 0. The summed E-state index contributed by atoms with van der Waals surface area (Å²) in [6, 6.07) is 6.35. The van der Waals surface area contributed by atoms with Crippen molar-refractivity contribution in [2.24, 2.45) is 0 Å². The van der Waals surface area contributed by atoms with Crippen LogP contribution in [0.3, 0.4) is 0 Å². The zero-order chi connectivity index (χ0) is 9.26. The van der Waals surface area contributed by atoms with Gasteiger partial charge in [0, 0.05) is 6.54 Å². The molecule has 13 heavy (non-hydrogen) atoms. The predicted molar refractivity (Wildman–Crippen MR) is 54.2 cm³/mol. The lowest BCUT2D eigenvalue weighted by Crippen LogP contribution is -2.35. The Hall–Kier alpha value is -1.22. The van der Waals surface area contributed by atoms with Gasteiger partial charge in [-0.2, -0.15) is 0 Å². The van der Waals surface area contributed by atoms with E-state index in [2.05, 4.69) is 29.7 Å². The van der Waals surface area contributed by atoms with Crippen molar-refractivity contribution in [1.29, 1.82) is 0 Å². The largest absolute Gasteiger partial charge is 0.394 e. The fraction of sp³-hybridized carbons (Fsp3) is 0.400. The zero-order valence-electron chi connectivity index (χ0n) is 7.67. The van der Waals surface area contributed by atoms with Gasteiger partial charge in [-0.3, -0.25) is 0 Å². The molecule has 3 nitrogen and oxygen atoms in total. The summed E-state index contributed by atoms with van der Waals surface area (Å²) in [5.74, 6) is 0. The molecular formula is C10H14N2O. The Kier molecular flexibility index (Phi) is 2.10. The molecule has 0 aromatic heterocycles. The Morgan fingerprint density at radius 3 is 3.08 bits per heavy atom. The number of nitrogens with one attached hydrogen (secondary N) is 2. The molecule has 70 valence electrons. The van der Waals surface area contributed by atoms with Gasteiger partial charge in [0.2, 0.25) is 0 Å². The monoisotopic (exact) mass is 178 g/mol. The van der Waals surface area contributed by atoms with Gasteiger partial charge in [0.25, 0.3) is 0 Å². The van der Waals surface area contributed by atoms with E-state index in [1.165, 1.54) is 5.56 Å². The lowest BCUT2D eigenvalue weighted by Gasteiger charge is -2.27. The number of rotatable bonds is 1. The first-order valence-corrected chi connectivity index (χ1v) is 4.51.